The summed E-state index contributed by atoms with van der Waals surface area (Å²) in [5, 5.41) is 7.18. The number of aromatic amines is 1. The Hall–Kier alpha value is -2.44. The molecule has 0 atom stereocenters. The van der Waals surface area contributed by atoms with Crippen molar-refractivity contribution in [3.63, 3.8) is 0 Å². The lowest BCUT2D eigenvalue weighted by Crippen LogP contribution is -2.33. The van der Waals surface area contributed by atoms with Crippen molar-refractivity contribution in [1.82, 2.24) is 25.1 Å². The van der Waals surface area contributed by atoms with Crippen molar-refractivity contribution in [2.24, 2.45) is 0 Å². The lowest BCUT2D eigenvalue weighted by Gasteiger charge is -2.27. The first-order valence-corrected chi connectivity index (χ1v) is 7.43. The van der Waals surface area contributed by atoms with Crippen LogP contribution in [0.3, 0.4) is 0 Å². The maximum atomic E-state index is 12.2. The average molecular weight is 300 g/mol. The van der Waals surface area contributed by atoms with Crippen LogP contribution in [0.4, 0.5) is 5.95 Å². The number of hydrogen-bond donors (Lipinski definition) is 1. The van der Waals surface area contributed by atoms with Gasteiger partial charge >= 0.3 is 0 Å². The molecule has 2 aromatic rings. The van der Waals surface area contributed by atoms with E-state index in [0.29, 0.717) is 18.2 Å². The van der Waals surface area contributed by atoms with E-state index in [4.69, 9.17) is 0 Å². The molecule has 7 heteroatoms. The van der Waals surface area contributed by atoms with E-state index in [1.165, 1.54) is 0 Å². The number of aromatic nitrogens is 4. The number of amides is 1. The lowest BCUT2D eigenvalue weighted by atomic mass is 10.1. The van der Waals surface area contributed by atoms with Crippen LogP contribution in [0.1, 0.15) is 34.2 Å². The lowest BCUT2D eigenvalue weighted by molar-refractivity contribution is 0.0821. The number of nitrogens with zero attached hydrogens (tertiary/aromatic N) is 5. The van der Waals surface area contributed by atoms with E-state index in [9.17, 15) is 4.79 Å². The monoisotopic (exact) mass is 300 g/mol. The molecule has 0 radical (unpaired) electrons. The Labute approximate surface area is 129 Å². The minimum Gasteiger partial charge on any atom is -0.343 e. The first-order chi connectivity index (χ1) is 10.6. The van der Waals surface area contributed by atoms with Gasteiger partial charge in [-0.1, -0.05) is 6.92 Å². The second-order valence-corrected chi connectivity index (χ2v) is 5.65. The van der Waals surface area contributed by atoms with E-state index in [-0.39, 0.29) is 5.91 Å². The van der Waals surface area contributed by atoms with Crippen LogP contribution in [0.2, 0.25) is 0 Å². The van der Waals surface area contributed by atoms with Crippen LogP contribution in [-0.2, 0) is 19.4 Å². The molecule has 22 heavy (non-hydrogen) atoms. The van der Waals surface area contributed by atoms with Crippen LogP contribution in [0, 0.1) is 0 Å². The number of fused-ring (bicyclic) bond motifs is 1. The van der Waals surface area contributed by atoms with Gasteiger partial charge in [-0.3, -0.25) is 9.89 Å². The van der Waals surface area contributed by atoms with Gasteiger partial charge in [0.25, 0.3) is 5.91 Å². The molecule has 116 valence electrons. The third-order valence-corrected chi connectivity index (χ3v) is 3.93. The number of carbonyl (C=O) groups is 1. The van der Waals surface area contributed by atoms with Gasteiger partial charge in [-0.15, -0.1) is 0 Å². The molecule has 0 unspecified atom stereocenters. The largest absolute Gasteiger partial charge is 0.343 e. The van der Waals surface area contributed by atoms with Crippen molar-refractivity contribution in [2.45, 2.75) is 26.3 Å². The molecule has 1 N–H and O–H groups in total. The first kappa shape index (κ1) is 14.5. The summed E-state index contributed by atoms with van der Waals surface area (Å²) in [5.41, 5.74) is 3.60. The van der Waals surface area contributed by atoms with Crippen LogP contribution in [0.25, 0.3) is 0 Å². The summed E-state index contributed by atoms with van der Waals surface area (Å²) in [5.74, 6) is 0.619. The Morgan fingerprint density at radius 3 is 2.73 bits per heavy atom. The molecule has 1 aliphatic heterocycles. The van der Waals surface area contributed by atoms with Gasteiger partial charge in [-0.25, -0.2) is 9.97 Å². The van der Waals surface area contributed by atoms with Crippen molar-refractivity contribution in [3.05, 3.63) is 34.9 Å². The van der Waals surface area contributed by atoms with E-state index in [1.807, 2.05) is 12.4 Å². The third kappa shape index (κ3) is 2.54. The number of H-pyrrole nitrogens is 1. The molecule has 0 fully saturated rings. The zero-order chi connectivity index (χ0) is 15.7. The minimum atomic E-state index is -0.0819. The van der Waals surface area contributed by atoms with Gasteiger partial charge in [0.2, 0.25) is 5.95 Å². The molecule has 0 aliphatic carbocycles. The number of hydrogen-bond acceptors (Lipinski definition) is 5. The quantitative estimate of drug-likeness (QED) is 0.916. The topological polar surface area (TPSA) is 78.0 Å². The molecular formula is C15H20N6O. The van der Waals surface area contributed by atoms with Gasteiger partial charge in [0, 0.05) is 50.7 Å². The van der Waals surface area contributed by atoms with Crippen LogP contribution in [0.5, 0.6) is 0 Å². The zero-order valence-corrected chi connectivity index (χ0v) is 13.1. The van der Waals surface area contributed by atoms with Gasteiger partial charge in [0.1, 0.15) is 0 Å². The predicted octanol–water partition coefficient (Wildman–Crippen LogP) is 1.03. The van der Waals surface area contributed by atoms with Crippen molar-refractivity contribution in [1.29, 1.82) is 0 Å². The fraction of sp³-hybridized carbons (Fsp3) is 0.467. The Morgan fingerprint density at radius 1 is 1.36 bits per heavy atom. The first-order valence-electron chi connectivity index (χ1n) is 7.43. The summed E-state index contributed by atoms with van der Waals surface area (Å²) < 4.78 is 0. The van der Waals surface area contributed by atoms with Gasteiger partial charge in [-0.05, 0) is 12.0 Å². The van der Waals surface area contributed by atoms with E-state index in [1.54, 1.807) is 19.0 Å². The molecule has 0 aromatic carbocycles. The summed E-state index contributed by atoms with van der Waals surface area (Å²) in [6.07, 6.45) is 5.45. The van der Waals surface area contributed by atoms with Gasteiger partial charge in [0.05, 0.1) is 6.54 Å². The summed E-state index contributed by atoms with van der Waals surface area (Å²) in [6, 6.07) is 0. The Bertz CT molecular complexity index is 676. The van der Waals surface area contributed by atoms with Crippen molar-refractivity contribution in [3.8, 4) is 0 Å². The summed E-state index contributed by atoms with van der Waals surface area (Å²) in [4.78, 5) is 24.7. The smallest absolute Gasteiger partial charge is 0.274 e. The number of aryl methyl sites for hydroxylation is 1. The maximum absolute atomic E-state index is 12.2. The molecule has 0 spiro atoms. The number of nitrogens with one attached hydrogen (secondary N) is 1. The molecule has 0 saturated carbocycles. The van der Waals surface area contributed by atoms with E-state index in [2.05, 4.69) is 32.0 Å². The maximum Gasteiger partial charge on any atom is 0.274 e. The van der Waals surface area contributed by atoms with Gasteiger partial charge in [0.15, 0.2) is 5.69 Å². The van der Waals surface area contributed by atoms with Crippen LogP contribution in [-0.4, -0.2) is 51.6 Å². The highest BCUT2D eigenvalue weighted by molar-refractivity contribution is 5.93. The van der Waals surface area contributed by atoms with Gasteiger partial charge in [-0.2, -0.15) is 5.10 Å². The molecule has 1 amide bonds. The number of carbonyl (C=O) groups excluding carboxylic acids is 1. The number of anilines is 1. The standard InChI is InChI=1S/C15H20N6O/c1-4-10-7-16-15(17-8-10)21-6-5-12-11(9-21)13(19-18-12)14(22)20(2)3/h7-8H,4-6,9H2,1-3H3,(H,18,19). The molecule has 3 rings (SSSR count). The Kier molecular flexibility index (Phi) is 3.79. The second-order valence-electron chi connectivity index (χ2n) is 5.65. The fourth-order valence-electron chi connectivity index (χ4n) is 2.55. The second kappa shape index (κ2) is 5.75. The van der Waals surface area contributed by atoms with Crippen LogP contribution >= 0.6 is 0 Å². The van der Waals surface area contributed by atoms with E-state index < -0.39 is 0 Å². The average Bonchev–Trinajstić information content (AvgIpc) is 2.97. The molecule has 0 bridgehead atoms. The predicted molar refractivity (Wildman–Crippen MR) is 82.8 cm³/mol. The zero-order valence-electron chi connectivity index (χ0n) is 13.1. The van der Waals surface area contributed by atoms with Crippen molar-refractivity contribution in [2.75, 3.05) is 25.5 Å². The molecule has 0 saturated heterocycles. The number of rotatable bonds is 3. The molecular weight excluding hydrogens is 280 g/mol. The normalized spacial score (nSPS) is 13.9. The van der Waals surface area contributed by atoms with Gasteiger partial charge < -0.3 is 9.80 Å². The highest BCUT2D eigenvalue weighted by Crippen LogP contribution is 2.23. The Balaban J connectivity index is 1.86. The van der Waals surface area contributed by atoms with E-state index in [0.717, 1.165) is 36.2 Å². The fourth-order valence-corrected chi connectivity index (χ4v) is 2.55. The minimum absolute atomic E-state index is 0.0819. The van der Waals surface area contributed by atoms with Crippen molar-refractivity contribution < 1.29 is 4.79 Å². The molecule has 1 aliphatic rings. The molecule has 7 nitrogen and oxygen atoms in total. The molecule has 3 heterocycles. The van der Waals surface area contributed by atoms with Crippen molar-refractivity contribution >= 4 is 11.9 Å². The summed E-state index contributed by atoms with van der Waals surface area (Å²) in [7, 11) is 3.47. The highest BCUT2D eigenvalue weighted by Gasteiger charge is 2.27. The third-order valence-electron chi connectivity index (χ3n) is 3.93. The van der Waals surface area contributed by atoms with Crippen LogP contribution in [0.15, 0.2) is 12.4 Å². The molecule has 2 aromatic heterocycles. The van der Waals surface area contributed by atoms with Crippen LogP contribution < -0.4 is 4.90 Å². The SMILES string of the molecule is CCc1cnc(N2CCc3[nH]nc(C(=O)N(C)C)c3C2)nc1. The summed E-state index contributed by atoms with van der Waals surface area (Å²) >= 11 is 0. The highest BCUT2D eigenvalue weighted by atomic mass is 16.2. The van der Waals surface area contributed by atoms with E-state index >= 15 is 0 Å². The Morgan fingerprint density at radius 2 is 2.09 bits per heavy atom. The summed E-state index contributed by atoms with van der Waals surface area (Å²) in [6.45, 7) is 3.50.